The molecule has 8 heteroatoms. The predicted octanol–water partition coefficient (Wildman–Crippen LogP) is 4.22. The normalized spacial score (nSPS) is 26.0. The van der Waals surface area contributed by atoms with Gasteiger partial charge < -0.3 is 19.5 Å². The van der Waals surface area contributed by atoms with Gasteiger partial charge in [-0.25, -0.2) is 0 Å². The van der Waals surface area contributed by atoms with Crippen LogP contribution in [0.2, 0.25) is 6.32 Å². The van der Waals surface area contributed by atoms with E-state index in [2.05, 4.69) is 0 Å². The molecule has 0 radical (unpaired) electrons. The Balaban J connectivity index is 1.43. The van der Waals surface area contributed by atoms with E-state index in [0.29, 0.717) is 31.6 Å². The molecule has 37 heavy (non-hydrogen) atoms. The van der Waals surface area contributed by atoms with Gasteiger partial charge in [0.05, 0.1) is 30.2 Å². The van der Waals surface area contributed by atoms with Crippen LogP contribution >= 0.6 is 0 Å². The van der Waals surface area contributed by atoms with Crippen LogP contribution in [0.1, 0.15) is 31.7 Å². The minimum Gasteiger partial charge on any atom is -0.508 e. The van der Waals surface area contributed by atoms with Crippen LogP contribution < -0.4 is 4.90 Å². The number of anilines is 1. The van der Waals surface area contributed by atoms with Crippen molar-refractivity contribution in [2.24, 2.45) is 17.8 Å². The Morgan fingerprint density at radius 1 is 1.14 bits per heavy atom. The lowest BCUT2D eigenvalue weighted by atomic mass is 9.58. The summed E-state index contributed by atoms with van der Waals surface area (Å²) >= 11 is 0. The Bertz CT molecular complexity index is 1240. The summed E-state index contributed by atoms with van der Waals surface area (Å²) in [5, 5.41) is 20.4. The van der Waals surface area contributed by atoms with E-state index in [4.69, 9.17) is 9.39 Å². The highest BCUT2D eigenvalue weighted by atomic mass is 16.5. The van der Waals surface area contributed by atoms with Crippen LogP contribution in [0.25, 0.3) is 6.08 Å². The summed E-state index contributed by atoms with van der Waals surface area (Å²) in [5.74, 6) is -1.43. The summed E-state index contributed by atoms with van der Waals surface area (Å²) < 4.78 is 11.6. The first-order chi connectivity index (χ1) is 17.9. The molecule has 7 nitrogen and oxygen atoms in total. The monoisotopic (exact) mass is 501 g/mol. The van der Waals surface area contributed by atoms with Crippen molar-refractivity contribution >= 4 is 30.7 Å². The number of carbonyl (C=O) groups excluding carboxylic acids is 2. The second-order valence-electron chi connectivity index (χ2n) is 10.2. The summed E-state index contributed by atoms with van der Waals surface area (Å²) in [5.41, 5.74) is 4.61. The molecule has 192 valence electrons. The molecule has 0 spiro atoms. The van der Waals surface area contributed by atoms with Gasteiger partial charge in [-0.3, -0.25) is 14.5 Å². The maximum Gasteiger partial charge on any atom is 0.455 e. The predicted molar refractivity (Wildman–Crippen MR) is 142 cm³/mol. The minimum absolute atomic E-state index is 0.184. The summed E-state index contributed by atoms with van der Waals surface area (Å²) in [4.78, 5) is 28.5. The lowest BCUT2D eigenvalue weighted by Gasteiger charge is -2.43. The zero-order chi connectivity index (χ0) is 26.1. The van der Waals surface area contributed by atoms with Crippen molar-refractivity contribution in [1.29, 1.82) is 0 Å². The summed E-state index contributed by atoms with van der Waals surface area (Å²) in [6.45, 7) is 2.38. The summed E-state index contributed by atoms with van der Waals surface area (Å²) in [7, 11) is 0.618. The number of benzene rings is 2. The van der Waals surface area contributed by atoms with Gasteiger partial charge in [0.15, 0.2) is 0 Å². The Kier molecular flexibility index (Phi) is 7.33. The van der Waals surface area contributed by atoms with Crippen molar-refractivity contribution in [3.63, 3.8) is 0 Å². The lowest BCUT2D eigenvalue weighted by Crippen LogP contribution is -2.46. The van der Waals surface area contributed by atoms with Gasteiger partial charge in [-0.2, -0.15) is 0 Å². The van der Waals surface area contributed by atoms with Crippen molar-refractivity contribution in [1.82, 2.24) is 0 Å². The highest BCUT2D eigenvalue weighted by Crippen LogP contribution is 2.51. The Hall–Kier alpha value is -3.20. The molecule has 2 fully saturated rings. The minimum atomic E-state index is -1.01. The van der Waals surface area contributed by atoms with Gasteiger partial charge in [-0.1, -0.05) is 42.0 Å². The number of hydrogen-bond acceptors (Lipinski definition) is 6. The van der Waals surface area contributed by atoms with E-state index >= 15 is 0 Å². The van der Waals surface area contributed by atoms with Crippen molar-refractivity contribution < 1.29 is 29.1 Å². The van der Waals surface area contributed by atoms with Crippen molar-refractivity contribution in [3.8, 4) is 5.75 Å². The fourth-order valence-electron chi connectivity index (χ4n) is 6.23. The molecule has 2 aromatic rings. The van der Waals surface area contributed by atoms with Crippen LogP contribution in [0, 0.1) is 17.8 Å². The average molecular weight is 501 g/mol. The van der Waals surface area contributed by atoms with Crippen LogP contribution in [-0.2, 0) is 19.0 Å². The van der Waals surface area contributed by atoms with E-state index in [1.165, 1.54) is 4.90 Å². The number of phenols is 1. The molecule has 2 saturated heterocycles. The summed E-state index contributed by atoms with van der Waals surface area (Å²) in [6, 6.07) is 16.1. The van der Waals surface area contributed by atoms with Gasteiger partial charge in [0.1, 0.15) is 5.75 Å². The van der Waals surface area contributed by atoms with E-state index in [-0.39, 0.29) is 35.9 Å². The third kappa shape index (κ3) is 5.01. The van der Waals surface area contributed by atoms with Gasteiger partial charge in [0.2, 0.25) is 11.8 Å². The molecular formula is C29H32BNO6. The number of phenolic OH excluding ortho intramolecular Hbond substituents is 1. The van der Waals surface area contributed by atoms with Gasteiger partial charge >= 0.3 is 7.12 Å². The number of nitrogens with zero attached hydrogens (tertiary/aromatic N) is 1. The molecule has 2 aromatic carbocycles. The first kappa shape index (κ1) is 25.5. The van der Waals surface area contributed by atoms with Crippen LogP contribution in [0.5, 0.6) is 5.75 Å². The standard InChI is InChI=1S/C29H32BNO6/c1-18(13-19-7-6-10-22(32)14-19)11-12-25-26-20(17-36-2)15-23-27(24(26)16-30(35)37-25)29(34)31(28(23)33)21-8-4-3-5-9-21/h3-10,13-14,23-25,27,32,35H,11-12,15-17H2,1-2H3/b18-13+/t23-,24+,25-,27-/m1/s1. The quantitative estimate of drug-likeness (QED) is 0.335. The number of methoxy groups -OCH3 is 1. The van der Waals surface area contributed by atoms with Crippen LogP contribution in [0.4, 0.5) is 5.69 Å². The molecule has 2 amide bonds. The number of allylic oxidation sites excluding steroid dienone is 1. The number of aromatic hydroxyl groups is 1. The van der Waals surface area contributed by atoms with Crippen LogP contribution in [0.15, 0.2) is 71.3 Å². The molecule has 1 aliphatic carbocycles. The molecule has 0 bridgehead atoms. The van der Waals surface area contributed by atoms with E-state index in [1.807, 2.05) is 37.3 Å². The SMILES string of the molecule is COCC1=C2[C@@H](CC/C(C)=C/c3cccc(O)c3)OB(O)C[C@@H]2[C@@H]2C(=O)N(c3ccccc3)C(=O)[C@@H]2C1. The number of imide groups is 1. The first-order valence-corrected chi connectivity index (χ1v) is 12.8. The number of para-hydroxylation sites is 1. The number of amides is 2. The molecule has 0 saturated carbocycles. The molecule has 2 heterocycles. The van der Waals surface area contributed by atoms with E-state index in [9.17, 15) is 19.7 Å². The Labute approximate surface area is 217 Å². The fraction of sp³-hybridized carbons (Fsp3) is 0.379. The second-order valence-corrected chi connectivity index (χ2v) is 10.2. The van der Waals surface area contributed by atoms with Crippen molar-refractivity contribution in [2.45, 2.75) is 38.6 Å². The van der Waals surface area contributed by atoms with E-state index in [0.717, 1.165) is 22.3 Å². The maximum atomic E-state index is 13.7. The number of fused-ring (bicyclic) bond motifs is 3. The maximum absolute atomic E-state index is 13.7. The highest BCUT2D eigenvalue weighted by Gasteiger charge is 2.57. The van der Waals surface area contributed by atoms with Gasteiger partial charge in [-0.05, 0) is 79.4 Å². The number of carbonyl (C=O) groups is 2. The molecule has 5 rings (SSSR count). The number of ether oxygens (including phenoxy) is 1. The van der Waals surface area contributed by atoms with Crippen LogP contribution in [-0.4, -0.2) is 48.9 Å². The fourth-order valence-corrected chi connectivity index (χ4v) is 6.23. The Morgan fingerprint density at radius 2 is 1.92 bits per heavy atom. The molecule has 2 N–H and O–H groups in total. The van der Waals surface area contributed by atoms with E-state index < -0.39 is 19.0 Å². The third-order valence-electron chi connectivity index (χ3n) is 7.73. The van der Waals surface area contributed by atoms with E-state index in [1.54, 1.807) is 37.4 Å². The molecule has 2 aliphatic heterocycles. The molecule has 4 atom stereocenters. The van der Waals surface area contributed by atoms with Gasteiger partial charge in [-0.15, -0.1) is 0 Å². The second kappa shape index (κ2) is 10.7. The van der Waals surface area contributed by atoms with Crippen molar-refractivity contribution in [2.75, 3.05) is 18.6 Å². The average Bonchev–Trinajstić information content (AvgIpc) is 3.12. The number of hydrogen-bond donors (Lipinski definition) is 2. The number of rotatable bonds is 7. The molecule has 0 aromatic heterocycles. The summed E-state index contributed by atoms with van der Waals surface area (Å²) in [6.07, 6.45) is 3.71. The smallest absolute Gasteiger partial charge is 0.455 e. The van der Waals surface area contributed by atoms with Gasteiger partial charge in [0, 0.05) is 7.11 Å². The van der Waals surface area contributed by atoms with Crippen molar-refractivity contribution in [3.05, 3.63) is 76.9 Å². The molecule has 0 unspecified atom stereocenters. The topological polar surface area (TPSA) is 96.3 Å². The zero-order valence-corrected chi connectivity index (χ0v) is 21.2. The lowest BCUT2D eigenvalue weighted by molar-refractivity contribution is -0.122. The largest absolute Gasteiger partial charge is 0.508 e. The van der Waals surface area contributed by atoms with Gasteiger partial charge in [0.25, 0.3) is 0 Å². The Morgan fingerprint density at radius 3 is 2.65 bits per heavy atom. The van der Waals surface area contributed by atoms with Crippen LogP contribution in [0.3, 0.4) is 0 Å². The molecule has 3 aliphatic rings. The first-order valence-electron chi connectivity index (χ1n) is 12.8. The molecular weight excluding hydrogens is 469 g/mol. The highest BCUT2D eigenvalue weighted by molar-refractivity contribution is 6.43. The zero-order valence-electron chi connectivity index (χ0n) is 21.2. The third-order valence-corrected chi connectivity index (χ3v) is 7.73.